The second-order valence-corrected chi connectivity index (χ2v) is 7.37. The maximum absolute atomic E-state index is 9.38. The Morgan fingerprint density at radius 1 is 1.53 bits per heavy atom. The number of rotatable bonds is 6. The van der Waals surface area contributed by atoms with Crippen LogP contribution in [0.2, 0.25) is 0 Å². The standard InChI is InChI=1S/C14H23BrN2OS/c1-11(18)9-17-4-2-12(3-5-17)7-16-8-14-6-13(15)10-19-14/h6,10-12,16,18H,2-5,7-9H2,1H3/t11-/m1/s1. The van der Waals surface area contributed by atoms with E-state index < -0.39 is 0 Å². The molecule has 1 fully saturated rings. The van der Waals surface area contributed by atoms with Crippen molar-refractivity contribution in [3.8, 4) is 0 Å². The first kappa shape index (κ1) is 15.4. The molecule has 2 heterocycles. The molecule has 1 aliphatic heterocycles. The van der Waals surface area contributed by atoms with Crippen molar-refractivity contribution >= 4 is 27.3 Å². The number of hydrogen-bond acceptors (Lipinski definition) is 4. The van der Waals surface area contributed by atoms with E-state index in [4.69, 9.17) is 0 Å². The number of likely N-dealkylation sites (tertiary alicyclic amines) is 1. The van der Waals surface area contributed by atoms with Gasteiger partial charge in [0, 0.05) is 27.8 Å². The van der Waals surface area contributed by atoms with Gasteiger partial charge in [-0.3, -0.25) is 0 Å². The van der Waals surface area contributed by atoms with Crippen molar-refractivity contribution in [2.24, 2.45) is 5.92 Å². The van der Waals surface area contributed by atoms with Crippen LogP contribution in [0.4, 0.5) is 0 Å². The molecule has 1 aliphatic rings. The Balaban J connectivity index is 1.60. The highest BCUT2D eigenvalue weighted by atomic mass is 79.9. The third-order valence-corrected chi connectivity index (χ3v) is 5.28. The van der Waals surface area contributed by atoms with Crippen molar-refractivity contribution in [2.75, 3.05) is 26.2 Å². The van der Waals surface area contributed by atoms with Crippen LogP contribution in [-0.4, -0.2) is 42.3 Å². The van der Waals surface area contributed by atoms with E-state index >= 15 is 0 Å². The van der Waals surface area contributed by atoms with Gasteiger partial charge in [-0.1, -0.05) is 0 Å². The second-order valence-electron chi connectivity index (χ2n) is 5.46. The number of nitrogens with zero attached hydrogens (tertiary/aromatic N) is 1. The smallest absolute Gasteiger partial charge is 0.0639 e. The maximum atomic E-state index is 9.38. The van der Waals surface area contributed by atoms with Crippen LogP contribution >= 0.6 is 27.3 Å². The molecule has 2 rings (SSSR count). The topological polar surface area (TPSA) is 35.5 Å². The third-order valence-electron chi connectivity index (χ3n) is 3.58. The molecule has 0 bridgehead atoms. The number of halogens is 1. The van der Waals surface area contributed by atoms with E-state index in [2.05, 4.69) is 37.6 Å². The zero-order chi connectivity index (χ0) is 13.7. The fraction of sp³-hybridized carbons (Fsp3) is 0.714. The van der Waals surface area contributed by atoms with Crippen LogP contribution in [0.15, 0.2) is 15.9 Å². The van der Waals surface area contributed by atoms with Gasteiger partial charge in [0.1, 0.15) is 0 Å². The van der Waals surface area contributed by atoms with Crippen molar-refractivity contribution in [2.45, 2.75) is 32.4 Å². The Hall–Kier alpha value is 0.0600. The van der Waals surface area contributed by atoms with Gasteiger partial charge >= 0.3 is 0 Å². The predicted octanol–water partition coefficient (Wildman–Crippen LogP) is 2.69. The van der Waals surface area contributed by atoms with Crippen LogP contribution in [0.25, 0.3) is 0 Å². The van der Waals surface area contributed by atoms with Gasteiger partial charge in [-0.15, -0.1) is 11.3 Å². The Kier molecular flexibility index (Phi) is 6.29. The number of β-amino-alcohol motifs (C(OH)–C–C–N with tert-alkyl or cyclic N) is 1. The Morgan fingerprint density at radius 2 is 2.26 bits per heavy atom. The molecule has 1 atom stereocenters. The first-order chi connectivity index (χ1) is 9.13. The molecular formula is C14H23BrN2OS. The van der Waals surface area contributed by atoms with Crippen LogP contribution in [0.5, 0.6) is 0 Å². The maximum Gasteiger partial charge on any atom is 0.0639 e. The average Bonchev–Trinajstić information content (AvgIpc) is 2.77. The van der Waals surface area contributed by atoms with Gasteiger partial charge < -0.3 is 15.3 Å². The molecule has 19 heavy (non-hydrogen) atoms. The lowest BCUT2D eigenvalue weighted by atomic mass is 9.96. The zero-order valence-electron chi connectivity index (χ0n) is 11.4. The predicted molar refractivity (Wildman–Crippen MR) is 84.6 cm³/mol. The minimum Gasteiger partial charge on any atom is -0.392 e. The van der Waals surface area contributed by atoms with Crippen LogP contribution in [0.1, 0.15) is 24.6 Å². The molecule has 1 aromatic heterocycles. The number of hydrogen-bond donors (Lipinski definition) is 2. The highest BCUT2D eigenvalue weighted by molar-refractivity contribution is 9.10. The minimum absolute atomic E-state index is 0.202. The van der Waals surface area contributed by atoms with Crippen molar-refractivity contribution in [1.82, 2.24) is 10.2 Å². The van der Waals surface area contributed by atoms with E-state index in [1.54, 1.807) is 11.3 Å². The SMILES string of the molecule is C[C@@H](O)CN1CCC(CNCc2cc(Br)cs2)CC1. The summed E-state index contributed by atoms with van der Waals surface area (Å²) in [6.45, 7) is 7.03. The molecule has 1 aromatic rings. The summed E-state index contributed by atoms with van der Waals surface area (Å²) in [4.78, 5) is 3.76. The number of nitrogens with one attached hydrogen (secondary N) is 1. The molecule has 0 spiro atoms. The highest BCUT2D eigenvalue weighted by Gasteiger charge is 2.19. The highest BCUT2D eigenvalue weighted by Crippen LogP contribution is 2.20. The molecule has 0 aromatic carbocycles. The molecule has 1 saturated heterocycles. The first-order valence-corrected chi connectivity index (χ1v) is 8.65. The lowest BCUT2D eigenvalue weighted by Gasteiger charge is -2.32. The van der Waals surface area contributed by atoms with Gasteiger partial charge in [0.15, 0.2) is 0 Å². The van der Waals surface area contributed by atoms with Gasteiger partial charge in [0.25, 0.3) is 0 Å². The van der Waals surface area contributed by atoms with E-state index in [1.165, 1.54) is 22.2 Å². The van der Waals surface area contributed by atoms with Crippen molar-refractivity contribution in [3.63, 3.8) is 0 Å². The third kappa shape index (κ3) is 5.52. The summed E-state index contributed by atoms with van der Waals surface area (Å²) in [7, 11) is 0. The minimum atomic E-state index is -0.202. The molecule has 3 nitrogen and oxygen atoms in total. The van der Waals surface area contributed by atoms with Crippen LogP contribution in [0, 0.1) is 5.92 Å². The van der Waals surface area contributed by atoms with Gasteiger partial charge in [-0.05, 0) is 67.3 Å². The number of thiophene rings is 1. The quantitative estimate of drug-likeness (QED) is 0.831. The van der Waals surface area contributed by atoms with E-state index in [9.17, 15) is 5.11 Å². The summed E-state index contributed by atoms with van der Waals surface area (Å²) in [6.07, 6.45) is 2.29. The van der Waals surface area contributed by atoms with E-state index in [-0.39, 0.29) is 6.10 Å². The van der Waals surface area contributed by atoms with Crippen LogP contribution in [-0.2, 0) is 6.54 Å². The summed E-state index contributed by atoms with van der Waals surface area (Å²) in [5, 5.41) is 15.1. The lowest BCUT2D eigenvalue weighted by Crippen LogP contribution is -2.40. The fourth-order valence-corrected chi connectivity index (χ4v) is 4.01. The summed E-state index contributed by atoms with van der Waals surface area (Å²) in [5.41, 5.74) is 0. The van der Waals surface area contributed by atoms with Crippen molar-refractivity contribution in [3.05, 3.63) is 20.8 Å². The molecule has 0 radical (unpaired) electrons. The first-order valence-electron chi connectivity index (χ1n) is 6.97. The summed E-state index contributed by atoms with van der Waals surface area (Å²) in [5.74, 6) is 0.786. The fourth-order valence-electron chi connectivity index (χ4n) is 2.59. The van der Waals surface area contributed by atoms with E-state index in [0.29, 0.717) is 0 Å². The van der Waals surface area contributed by atoms with Gasteiger partial charge in [-0.25, -0.2) is 0 Å². The average molecular weight is 347 g/mol. The van der Waals surface area contributed by atoms with Gasteiger partial charge in [0.05, 0.1) is 6.10 Å². The second kappa shape index (κ2) is 7.74. The molecule has 2 N–H and O–H groups in total. The van der Waals surface area contributed by atoms with E-state index in [1.807, 2.05) is 6.92 Å². The monoisotopic (exact) mass is 346 g/mol. The number of aliphatic hydroxyl groups excluding tert-OH is 1. The molecule has 0 aliphatic carbocycles. The molecular weight excluding hydrogens is 324 g/mol. The zero-order valence-corrected chi connectivity index (χ0v) is 13.8. The van der Waals surface area contributed by atoms with E-state index in [0.717, 1.165) is 38.6 Å². The largest absolute Gasteiger partial charge is 0.392 e. The molecule has 0 amide bonds. The summed E-state index contributed by atoms with van der Waals surface area (Å²) in [6, 6.07) is 2.18. The Labute approximate surface area is 128 Å². The molecule has 5 heteroatoms. The Morgan fingerprint density at radius 3 is 2.84 bits per heavy atom. The summed E-state index contributed by atoms with van der Waals surface area (Å²) < 4.78 is 1.18. The van der Waals surface area contributed by atoms with Gasteiger partial charge in [0.2, 0.25) is 0 Å². The number of aliphatic hydroxyl groups is 1. The lowest BCUT2D eigenvalue weighted by molar-refractivity contribution is 0.0998. The molecule has 108 valence electrons. The van der Waals surface area contributed by atoms with Crippen molar-refractivity contribution in [1.29, 1.82) is 0 Å². The molecule has 0 unspecified atom stereocenters. The van der Waals surface area contributed by atoms with Crippen LogP contribution in [0.3, 0.4) is 0 Å². The van der Waals surface area contributed by atoms with Crippen molar-refractivity contribution < 1.29 is 5.11 Å². The normalized spacial score (nSPS) is 19.7. The van der Waals surface area contributed by atoms with Crippen LogP contribution < -0.4 is 5.32 Å². The van der Waals surface area contributed by atoms with Gasteiger partial charge in [-0.2, -0.15) is 0 Å². The number of piperidine rings is 1. The summed E-state index contributed by atoms with van der Waals surface area (Å²) >= 11 is 5.28. The molecule has 0 saturated carbocycles. The Bertz CT molecular complexity index is 375.